The van der Waals surface area contributed by atoms with Gasteiger partial charge in [0.1, 0.15) is 11.8 Å². The predicted molar refractivity (Wildman–Crippen MR) is 108 cm³/mol. The van der Waals surface area contributed by atoms with E-state index in [1.807, 2.05) is 6.07 Å². The zero-order chi connectivity index (χ0) is 21.2. The van der Waals surface area contributed by atoms with Crippen LogP contribution in [0.15, 0.2) is 48.7 Å². The van der Waals surface area contributed by atoms with Crippen molar-refractivity contribution in [3.63, 3.8) is 0 Å². The number of amides is 2. The van der Waals surface area contributed by atoms with E-state index >= 15 is 0 Å². The first-order valence-corrected chi connectivity index (χ1v) is 9.29. The highest BCUT2D eigenvalue weighted by atomic mass is 35.5. The third-order valence-electron chi connectivity index (χ3n) is 3.73. The van der Waals surface area contributed by atoms with E-state index in [-0.39, 0.29) is 17.7 Å². The molecule has 9 heteroatoms. The van der Waals surface area contributed by atoms with Crippen LogP contribution in [0.1, 0.15) is 13.8 Å². The topological polar surface area (TPSA) is 107 Å². The Hall–Kier alpha value is -3.13. The van der Waals surface area contributed by atoms with Crippen LogP contribution in [0.25, 0.3) is 0 Å². The van der Waals surface area contributed by atoms with Gasteiger partial charge < -0.3 is 20.1 Å². The number of carbonyl (C=O) groups excluding carboxylic acids is 3. The van der Waals surface area contributed by atoms with Crippen LogP contribution in [-0.4, -0.2) is 42.0 Å². The summed E-state index contributed by atoms with van der Waals surface area (Å²) in [6.45, 7) is 2.73. The molecule has 1 heterocycles. The minimum absolute atomic E-state index is 0.123. The van der Waals surface area contributed by atoms with Crippen LogP contribution >= 0.6 is 11.6 Å². The van der Waals surface area contributed by atoms with Gasteiger partial charge in [0.25, 0.3) is 11.8 Å². The van der Waals surface area contributed by atoms with E-state index in [1.54, 1.807) is 50.2 Å². The van der Waals surface area contributed by atoms with Crippen molar-refractivity contribution < 1.29 is 23.9 Å². The average Bonchev–Trinajstić information content (AvgIpc) is 2.71. The first-order chi connectivity index (χ1) is 13.9. The second-order valence-corrected chi connectivity index (χ2v) is 6.75. The number of hydrogen-bond acceptors (Lipinski definition) is 6. The molecule has 0 unspecified atom stereocenters. The highest BCUT2D eigenvalue weighted by Crippen LogP contribution is 2.17. The zero-order valence-electron chi connectivity index (χ0n) is 16.1. The standard InChI is InChI=1S/C20H22ClN3O5/c1-13(2)18(24-17(26)11-28-14-7-4-3-5-8-14)20(27)29-12-16(25)23-15-9-6-10-22-19(15)21/h3-10,13,18H,11-12H2,1-2H3,(H,23,25)(H,24,26)/t18-/m1/s1. The summed E-state index contributed by atoms with van der Waals surface area (Å²) in [6.07, 6.45) is 1.48. The van der Waals surface area contributed by atoms with Crippen molar-refractivity contribution >= 4 is 35.1 Å². The second kappa shape index (κ2) is 11.0. The summed E-state index contributed by atoms with van der Waals surface area (Å²) < 4.78 is 10.4. The van der Waals surface area contributed by atoms with Gasteiger partial charge in [0, 0.05) is 6.20 Å². The molecule has 0 fully saturated rings. The lowest BCUT2D eigenvalue weighted by molar-refractivity contribution is -0.152. The molecule has 8 nitrogen and oxygen atoms in total. The summed E-state index contributed by atoms with van der Waals surface area (Å²) in [6, 6.07) is 11.1. The fraction of sp³-hybridized carbons (Fsp3) is 0.300. The lowest BCUT2D eigenvalue weighted by Crippen LogP contribution is -2.47. The first-order valence-electron chi connectivity index (χ1n) is 8.91. The molecule has 0 saturated carbocycles. The van der Waals surface area contributed by atoms with Gasteiger partial charge in [-0.05, 0) is 30.2 Å². The minimum Gasteiger partial charge on any atom is -0.484 e. The van der Waals surface area contributed by atoms with Gasteiger partial charge in [0.15, 0.2) is 18.4 Å². The highest BCUT2D eigenvalue weighted by Gasteiger charge is 2.26. The fourth-order valence-corrected chi connectivity index (χ4v) is 2.44. The van der Waals surface area contributed by atoms with E-state index in [1.165, 1.54) is 6.20 Å². The number of nitrogens with one attached hydrogen (secondary N) is 2. The molecule has 0 saturated heterocycles. The molecule has 0 spiro atoms. The summed E-state index contributed by atoms with van der Waals surface area (Å²) in [4.78, 5) is 40.2. The number of pyridine rings is 1. The van der Waals surface area contributed by atoms with Gasteiger partial charge in [-0.1, -0.05) is 43.6 Å². The van der Waals surface area contributed by atoms with Gasteiger partial charge >= 0.3 is 5.97 Å². The van der Waals surface area contributed by atoms with Crippen molar-refractivity contribution in [3.05, 3.63) is 53.8 Å². The van der Waals surface area contributed by atoms with Gasteiger partial charge in [-0.3, -0.25) is 9.59 Å². The molecule has 1 aromatic heterocycles. The molecule has 0 aliphatic heterocycles. The second-order valence-electron chi connectivity index (χ2n) is 6.39. The molecule has 154 valence electrons. The Bertz CT molecular complexity index is 845. The van der Waals surface area contributed by atoms with Gasteiger partial charge in [-0.25, -0.2) is 9.78 Å². The first kappa shape index (κ1) is 22.2. The van der Waals surface area contributed by atoms with Crippen LogP contribution in [0.4, 0.5) is 5.69 Å². The summed E-state index contributed by atoms with van der Waals surface area (Å²) >= 11 is 5.86. The van der Waals surface area contributed by atoms with Crippen LogP contribution in [-0.2, 0) is 19.1 Å². The quantitative estimate of drug-likeness (QED) is 0.477. The maximum absolute atomic E-state index is 12.3. The lowest BCUT2D eigenvalue weighted by atomic mass is 10.0. The van der Waals surface area contributed by atoms with E-state index in [0.29, 0.717) is 11.4 Å². The molecule has 29 heavy (non-hydrogen) atoms. The maximum atomic E-state index is 12.3. The molecule has 2 rings (SSSR count). The number of carbonyl (C=O) groups is 3. The van der Waals surface area contributed by atoms with Crippen LogP contribution < -0.4 is 15.4 Å². The molecule has 0 aliphatic carbocycles. The molecular weight excluding hydrogens is 398 g/mol. The van der Waals surface area contributed by atoms with Crippen molar-refractivity contribution in [1.82, 2.24) is 10.3 Å². The molecule has 2 aromatic rings. The summed E-state index contributed by atoms with van der Waals surface area (Å²) in [7, 11) is 0. The van der Waals surface area contributed by atoms with Crippen LogP contribution in [0, 0.1) is 5.92 Å². The molecule has 1 atom stereocenters. The smallest absolute Gasteiger partial charge is 0.329 e. The summed E-state index contributed by atoms with van der Waals surface area (Å²) in [5.74, 6) is -1.48. The molecule has 0 radical (unpaired) electrons. The number of hydrogen-bond donors (Lipinski definition) is 2. The number of aromatic nitrogens is 1. The number of benzene rings is 1. The fourth-order valence-electron chi connectivity index (χ4n) is 2.27. The summed E-state index contributed by atoms with van der Waals surface area (Å²) in [5, 5.41) is 5.19. The number of esters is 1. The Morgan fingerprint density at radius 2 is 1.76 bits per heavy atom. The number of para-hydroxylation sites is 1. The zero-order valence-corrected chi connectivity index (χ0v) is 16.8. The van der Waals surface area contributed by atoms with E-state index in [2.05, 4.69) is 15.6 Å². The van der Waals surface area contributed by atoms with Crippen molar-refractivity contribution in [2.24, 2.45) is 5.92 Å². The third kappa shape index (κ3) is 7.42. The minimum atomic E-state index is -0.920. The molecule has 2 N–H and O–H groups in total. The van der Waals surface area contributed by atoms with Crippen LogP contribution in [0.3, 0.4) is 0 Å². The van der Waals surface area contributed by atoms with Gasteiger partial charge in [-0.2, -0.15) is 0 Å². The molecule has 2 amide bonds. The largest absolute Gasteiger partial charge is 0.484 e. The number of nitrogens with zero attached hydrogens (tertiary/aromatic N) is 1. The lowest BCUT2D eigenvalue weighted by Gasteiger charge is -2.20. The Kier molecular flexibility index (Phi) is 8.42. The Morgan fingerprint density at radius 1 is 1.03 bits per heavy atom. The van der Waals surface area contributed by atoms with Gasteiger partial charge in [0.05, 0.1) is 5.69 Å². The Balaban J connectivity index is 1.82. The number of ether oxygens (including phenoxy) is 2. The highest BCUT2D eigenvalue weighted by molar-refractivity contribution is 6.32. The average molecular weight is 420 g/mol. The Morgan fingerprint density at radius 3 is 2.41 bits per heavy atom. The van der Waals surface area contributed by atoms with E-state index in [4.69, 9.17) is 21.1 Å². The van der Waals surface area contributed by atoms with Gasteiger partial charge in [0.2, 0.25) is 0 Å². The number of rotatable bonds is 9. The van der Waals surface area contributed by atoms with Crippen molar-refractivity contribution in [2.75, 3.05) is 18.5 Å². The van der Waals surface area contributed by atoms with Gasteiger partial charge in [-0.15, -0.1) is 0 Å². The van der Waals surface area contributed by atoms with Crippen LogP contribution in [0.2, 0.25) is 5.15 Å². The van der Waals surface area contributed by atoms with E-state index in [9.17, 15) is 14.4 Å². The third-order valence-corrected chi connectivity index (χ3v) is 4.03. The maximum Gasteiger partial charge on any atom is 0.329 e. The number of anilines is 1. The molecule has 0 bridgehead atoms. The monoisotopic (exact) mass is 419 g/mol. The normalized spacial score (nSPS) is 11.4. The van der Waals surface area contributed by atoms with Crippen LogP contribution in [0.5, 0.6) is 5.75 Å². The summed E-state index contributed by atoms with van der Waals surface area (Å²) in [5.41, 5.74) is 0.307. The molecule has 0 aliphatic rings. The van der Waals surface area contributed by atoms with E-state index < -0.39 is 30.4 Å². The van der Waals surface area contributed by atoms with E-state index in [0.717, 1.165) is 0 Å². The predicted octanol–water partition coefficient (Wildman–Crippen LogP) is 2.44. The molecule has 1 aromatic carbocycles. The molecular formula is C20H22ClN3O5. The van der Waals surface area contributed by atoms with Crippen molar-refractivity contribution in [2.45, 2.75) is 19.9 Å². The Labute approximate surface area is 173 Å². The number of halogens is 1. The van der Waals surface area contributed by atoms with Crippen molar-refractivity contribution in [3.8, 4) is 5.75 Å². The SMILES string of the molecule is CC(C)[C@@H](NC(=O)COc1ccccc1)C(=O)OCC(=O)Nc1cccnc1Cl. The van der Waals surface area contributed by atoms with Crippen molar-refractivity contribution in [1.29, 1.82) is 0 Å².